The molecule has 0 unspecified atom stereocenters. The van der Waals surface area contributed by atoms with Crippen LogP contribution in [0.4, 0.5) is 0 Å². The number of hydrogen-bond donors (Lipinski definition) is 0. The third-order valence-corrected chi connectivity index (χ3v) is 4.48. The van der Waals surface area contributed by atoms with Gasteiger partial charge in [-0.15, -0.1) is 0 Å². The molecule has 1 aromatic heterocycles. The first kappa shape index (κ1) is 17.4. The molecule has 25 heavy (non-hydrogen) atoms. The van der Waals surface area contributed by atoms with Crippen LogP contribution in [0, 0.1) is 6.92 Å². The van der Waals surface area contributed by atoms with Gasteiger partial charge in [-0.2, -0.15) is 0 Å². The summed E-state index contributed by atoms with van der Waals surface area (Å²) in [5.74, 6) is -0.685. The van der Waals surface area contributed by atoms with Gasteiger partial charge in [-0.05, 0) is 37.6 Å². The molecule has 1 heterocycles. The first-order valence-corrected chi connectivity index (χ1v) is 8.69. The van der Waals surface area contributed by atoms with Crippen LogP contribution in [-0.4, -0.2) is 17.9 Å². The predicted octanol–water partition coefficient (Wildman–Crippen LogP) is 4.86. The zero-order valence-corrected chi connectivity index (χ0v) is 15.5. The van der Waals surface area contributed by atoms with Gasteiger partial charge in [0.15, 0.2) is 6.10 Å². The maximum absolute atomic E-state index is 12.3. The molecular weight excluding hydrogens is 384 g/mol. The Balaban J connectivity index is 1.67. The SMILES string of the molecule is Cc1ccc2c(CC(=O)O[C@H](C)C(=O)c3ccc(Br)cc3)coc2c1. The Morgan fingerprint density at radius 1 is 1.16 bits per heavy atom. The van der Waals surface area contributed by atoms with E-state index in [1.54, 1.807) is 37.5 Å². The number of benzene rings is 2. The normalized spacial score (nSPS) is 12.1. The van der Waals surface area contributed by atoms with E-state index in [1.807, 2.05) is 25.1 Å². The number of esters is 1. The molecular formula is C20H17BrO4. The number of aryl methyl sites for hydroxylation is 1. The molecule has 0 radical (unpaired) electrons. The number of halogens is 1. The van der Waals surface area contributed by atoms with Crippen LogP contribution < -0.4 is 0 Å². The third kappa shape index (κ3) is 3.99. The molecule has 0 N–H and O–H groups in total. The molecule has 0 aliphatic carbocycles. The summed E-state index contributed by atoms with van der Waals surface area (Å²) in [5.41, 5.74) is 3.09. The zero-order chi connectivity index (χ0) is 18.0. The predicted molar refractivity (Wildman–Crippen MR) is 98.7 cm³/mol. The lowest BCUT2D eigenvalue weighted by Crippen LogP contribution is -2.25. The number of rotatable bonds is 5. The van der Waals surface area contributed by atoms with Crippen molar-refractivity contribution >= 4 is 38.7 Å². The summed E-state index contributed by atoms with van der Waals surface area (Å²) in [6.07, 6.45) is 0.787. The van der Waals surface area contributed by atoms with Crippen LogP contribution in [0.1, 0.15) is 28.4 Å². The minimum atomic E-state index is -0.839. The van der Waals surface area contributed by atoms with Crippen molar-refractivity contribution < 1.29 is 18.7 Å². The summed E-state index contributed by atoms with van der Waals surface area (Å²) >= 11 is 3.32. The maximum Gasteiger partial charge on any atom is 0.311 e. The Labute approximate surface area is 153 Å². The fraction of sp³-hybridized carbons (Fsp3) is 0.200. The Hall–Kier alpha value is -2.40. The van der Waals surface area contributed by atoms with E-state index >= 15 is 0 Å². The number of ketones is 1. The lowest BCUT2D eigenvalue weighted by molar-refractivity contribution is -0.145. The van der Waals surface area contributed by atoms with Gasteiger partial charge in [0.25, 0.3) is 0 Å². The van der Waals surface area contributed by atoms with Crippen molar-refractivity contribution in [3.05, 3.63) is 69.9 Å². The van der Waals surface area contributed by atoms with Crippen molar-refractivity contribution in [2.45, 2.75) is 26.4 Å². The van der Waals surface area contributed by atoms with Gasteiger partial charge in [0.1, 0.15) is 5.58 Å². The van der Waals surface area contributed by atoms with Crippen LogP contribution in [0.5, 0.6) is 0 Å². The number of Topliss-reactive ketones (excluding diaryl/α,β-unsaturated/α-hetero) is 1. The van der Waals surface area contributed by atoms with Crippen molar-refractivity contribution in [1.82, 2.24) is 0 Å². The summed E-state index contributed by atoms with van der Waals surface area (Å²) in [6.45, 7) is 3.56. The highest BCUT2D eigenvalue weighted by Gasteiger charge is 2.20. The molecule has 0 aliphatic rings. The highest BCUT2D eigenvalue weighted by Crippen LogP contribution is 2.23. The Morgan fingerprint density at radius 2 is 1.88 bits per heavy atom. The minimum absolute atomic E-state index is 0.0635. The smallest absolute Gasteiger partial charge is 0.311 e. The van der Waals surface area contributed by atoms with E-state index in [4.69, 9.17) is 9.15 Å². The van der Waals surface area contributed by atoms with Crippen molar-refractivity contribution in [1.29, 1.82) is 0 Å². The van der Waals surface area contributed by atoms with E-state index in [0.29, 0.717) is 5.56 Å². The van der Waals surface area contributed by atoms with Gasteiger partial charge < -0.3 is 9.15 Å². The molecule has 4 nitrogen and oxygen atoms in total. The maximum atomic E-state index is 12.3. The second-order valence-corrected chi connectivity index (χ2v) is 6.86. The molecule has 0 saturated heterocycles. The first-order valence-electron chi connectivity index (χ1n) is 7.90. The van der Waals surface area contributed by atoms with Gasteiger partial charge in [-0.1, -0.05) is 40.2 Å². The average Bonchev–Trinajstić information content (AvgIpc) is 2.96. The first-order chi connectivity index (χ1) is 11.9. The summed E-state index contributed by atoms with van der Waals surface area (Å²) in [7, 11) is 0. The average molecular weight is 401 g/mol. The fourth-order valence-corrected chi connectivity index (χ4v) is 2.89. The summed E-state index contributed by atoms with van der Waals surface area (Å²) < 4.78 is 11.7. The Morgan fingerprint density at radius 3 is 2.60 bits per heavy atom. The van der Waals surface area contributed by atoms with Crippen LogP contribution in [0.25, 0.3) is 11.0 Å². The van der Waals surface area contributed by atoms with Gasteiger partial charge in [0.05, 0.1) is 12.7 Å². The molecule has 0 bridgehead atoms. The van der Waals surface area contributed by atoms with Crippen molar-refractivity contribution in [2.75, 3.05) is 0 Å². The molecule has 2 aromatic carbocycles. The third-order valence-electron chi connectivity index (χ3n) is 3.95. The van der Waals surface area contributed by atoms with E-state index < -0.39 is 12.1 Å². The van der Waals surface area contributed by atoms with Crippen molar-refractivity contribution in [2.24, 2.45) is 0 Å². The number of ether oxygens (including phenoxy) is 1. The molecule has 3 aromatic rings. The van der Waals surface area contributed by atoms with Crippen LogP contribution >= 0.6 is 15.9 Å². The number of fused-ring (bicyclic) bond motifs is 1. The van der Waals surface area contributed by atoms with E-state index in [9.17, 15) is 9.59 Å². The second kappa shape index (κ2) is 7.23. The van der Waals surface area contributed by atoms with Crippen molar-refractivity contribution in [3.63, 3.8) is 0 Å². The number of carbonyl (C=O) groups excluding carboxylic acids is 2. The minimum Gasteiger partial charge on any atom is -0.464 e. The van der Waals surface area contributed by atoms with E-state index in [2.05, 4.69) is 15.9 Å². The van der Waals surface area contributed by atoms with Crippen LogP contribution in [-0.2, 0) is 16.0 Å². The number of hydrogen-bond acceptors (Lipinski definition) is 4. The molecule has 0 aliphatic heterocycles. The number of carbonyl (C=O) groups is 2. The molecule has 0 amide bonds. The fourth-order valence-electron chi connectivity index (χ4n) is 2.62. The molecule has 1 atom stereocenters. The monoisotopic (exact) mass is 400 g/mol. The Kier molecular flexibility index (Phi) is 5.04. The summed E-state index contributed by atoms with van der Waals surface area (Å²) in [4.78, 5) is 24.5. The van der Waals surface area contributed by atoms with E-state index in [0.717, 1.165) is 26.6 Å². The standard InChI is InChI=1S/C20H17BrO4/c1-12-3-8-17-15(11-24-18(17)9-12)10-19(22)25-13(2)20(23)14-4-6-16(21)7-5-14/h3-9,11,13H,10H2,1-2H3/t13-/m1/s1. The number of furan rings is 1. The molecule has 3 rings (SSSR count). The molecule has 0 spiro atoms. The van der Waals surface area contributed by atoms with E-state index in [-0.39, 0.29) is 12.2 Å². The largest absolute Gasteiger partial charge is 0.464 e. The quantitative estimate of drug-likeness (QED) is 0.453. The molecule has 5 heteroatoms. The highest BCUT2D eigenvalue weighted by atomic mass is 79.9. The Bertz CT molecular complexity index is 925. The van der Waals surface area contributed by atoms with Crippen molar-refractivity contribution in [3.8, 4) is 0 Å². The summed E-state index contributed by atoms with van der Waals surface area (Å²) in [5, 5.41) is 0.884. The lowest BCUT2D eigenvalue weighted by atomic mass is 10.1. The van der Waals surface area contributed by atoms with Gasteiger partial charge in [0, 0.05) is 21.0 Å². The van der Waals surface area contributed by atoms with E-state index in [1.165, 1.54) is 0 Å². The van der Waals surface area contributed by atoms with Gasteiger partial charge >= 0.3 is 5.97 Å². The van der Waals surface area contributed by atoms with Gasteiger partial charge in [-0.25, -0.2) is 0 Å². The van der Waals surface area contributed by atoms with Gasteiger partial charge in [0.2, 0.25) is 5.78 Å². The lowest BCUT2D eigenvalue weighted by Gasteiger charge is -2.12. The van der Waals surface area contributed by atoms with Crippen LogP contribution in [0.3, 0.4) is 0 Å². The molecule has 128 valence electrons. The second-order valence-electron chi connectivity index (χ2n) is 5.94. The van der Waals surface area contributed by atoms with Crippen LogP contribution in [0.2, 0.25) is 0 Å². The summed E-state index contributed by atoms with van der Waals surface area (Å²) in [6, 6.07) is 12.8. The highest BCUT2D eigenvalue weighted by molar-refractivity contribution is 9.10. The van der Waals surface area contributed by atoms with Crippen LogP contribution in [0.15, 0.2) is 57.6 Å². The van der Waals surface area contributed by atoms with Gasteiger partial charge in [-0.3, -0.25) is 9.59 Å². The topological polar surface area (TPSA) is 56.5 Å². The zero-order valence-electron chi connectivity index (χ0n) is 13.9. The molecule has 0 fully saturated rings. The molecule has 0 saturated carbocycles.